The Morgan fingerprint density at radius 3 is 2.13 bits per heavy atom. The smallest absolute Gasteiger partial charge is 0.165 e. The summed E-state index contributed by atoms with van der Waals surface area (Å²) in [6.07, 6.45) is 0. The summed E-state index contributed by atoms with van der Waals surface area (Å²) in [5, 5.41) is 7.70. The van der Waals surface area contributed by atoms with E-state index in [0.29, 0.717) is 0 Å². The Hall–Kier alpha value is -5.84. The molecule has 0 amide bonds. The minimum Gasteiger partial charge on any atom is -0.291 e. The average Bonchev–Trinajstić information content (AvgIpc) is 3.63. The van der Waals surface area contributed by atoms with Crippen molar-refractivity contribution in [2.45, 2.75) is 0 Å². The normalized spacial score (nSPS) is 12.3. The highest BCUT2D eigenvalue weighted by Crippen LogP contribution is 2.48. The summed E-state index contributed by atoms with van der Waals surface area (Å²) in [6, 6.07) is 50.5. The molecule has 10 aromatic rings. The number of hydrogen-bond acceptors (Lipinski definition) is 3. The Bertz CT molecular complexity index is 2930. The summed E-state index contributed by atoms with van der Waals surface area (Å²) in [6.45, 7) is 0. The Morgan fingerprint density at radius 1 is 0.478 bits per heavy atom. The molecule has 4 heterocycles. The molecule has 3 nitrogen and oxygen atoms in total. The number of aromatic nitrogens is 3. The van der Waals surface area contributed by atoms with E-state index in [1.165, 1.54) is 69.5 Å². The van der Waals surface area contributed by atoms with Gasteiger partial charge in [-0.2, -0.15) is 0 Å². The van der Waals surface area contributed by atoms with Gasteiger partial charge in [-0.05, 0) is 63.9 Å². The van der Waals surface area contributed by atoms with E-state index >= 15 is 0 Å². The standard InChI is InChI=1S/C42H23N3S/c1-2-10-27-24(9-1)17-20-32-30-19-18-25(23-38(30)46-41(27)32)26-21-33-28-11-3-4-13-31(28)39-42(44-36-15-7-6-14-35(36)43-39)45-37-16-8-5-12-29(37)34(22-26)40(33)45/h1-23H. The van der Waals surface area contributed by atoms with E-state index < -0.39 is 0 Å². The molecule has 0 saturated heterocycles. The van der Waals surface area contributed by atoms with Gasteiger partial charge >= 0.3 is 0 Å². The van der Waals surface area contributed by atoms with Gasteiger partial charge in [0.1, 0.15) is 5.69 Å². The fraction of sp³-hybridized carbons (Fsp3) is 0. The maximum atomic E-state index is 5.28. The largest absolute Gasteiger partial charge is 0.291 e. The summed E-state index contributed by atoms with van der Waals surface area (Å²) < 4.78 is 5.01. The van der Waals surface area contributed by atoms with Gasteiger partial charge in [0, 0.05) is 42.1 Å². The van der Waals surface area contributed by atoms with E-state index in [9.17, 15) is 0 Å². The van der Waals surface area contributed by atoms with Gasteiger partial charge in [-0.3, -0.25) is 4.57 Å². The van der Waals surface area contributed by atoms with Crippen molar-refractivity contribution in [1.29, 1.82) is 0 Å². The second kappa shape index (κ2) is 8.87. The Labute approximate surface area is 267 Å². The van der Waals surface area contributed by atoms with Gasteiger partial charge in [0.2, 0.25) is 0 Å². The summed E-state index contributed by atoms with van der Waals surface area (Å²) in [4.78, 5) is 10.5. The Balaban J connectivity index is 1.24. The zero-order chi connectivity index (χ0) is 29.9. The fourth-order valence-electron chi connectivity index (χ4n) is 7.63. The van der Waals surface area contributed by atoms with E-state index in [-0.39, 0.29) is 0 Å². The maximum Gasteiger partial charge on any atom is 0.165 e. The molecule has 0 N–H and O–H groups in total. The van der Waals surface area contributed by atoms with Crippen molar-refractivity contribution in [1.82, 2.24) is 14.5 Å². The molecule has 0 atom stereocenters. The molecule has 0 unspecified atom stereocenters. The first-order valence-electron chi connectivity index (χ1n) is 15.6. The Morgan fingerprint density at radius 2 is 1.22 bits per heavy atom. The summed E-state index contributed by atoms with van der Waals surface area (Å²) in [5.74, 6) is 0.878. The lowest BCUT2D eigenvalue weighted by Crippen LogP contribution is -2.02. The summed E-state index contributed by atoms with van der Waals surface area (Å²) in [7, 11) is 0. The monoisotopic (exact) mass is 601 g/mol. The predicted octanol–water partition coefficient (Wildman–Crippen LogP) is 11.6. The average molecular weight is 602 g/mol. The van der Waals surface area contributed by atoms with Crippen molar-refractivity contribution in [3.05, 3.63) is 140 Å². The molecule has 46 heavy (non-hydrogen) atoms. The van der Waals surface area contributed by atoms with Gasteiger partial charge in [-0.15, -0.1) is 11.3 Å². The van der Waals surface area contributed by atoms with Crippen LogP contribution in [0.4, 0.5) is 0 Å². The third kappa shape index (κ3) is 3.21. The lowest BCUT2D eigenvalue weighted by atomic mass is 9.92. The molecule has 1 aliphatic rings. The van der Waals surface area contributed by atoms with Crippen molar-refractivity contribution in [3.8, 4) is 39.3 Å². The predicted molar refractivity (Wildman–Crippen MR) is 194 cm³/mol. The number of rotatable bonds is 1. The minimum absolute atomic E-state index is 0.878. The van der Waals surface area contributed by atoms with E-state index in [4.69, 9.17) is 9.97 Å². The van der Waals surface area contributed by atoms with Gasteiger partial charge in [0.25, 0.3) is 0 Å². The zero-order valence-corrected chi connectivity index (χ0v) is 25.3. The van der Waals surface area contributed by atoms with E-state index in [1.807, 2.05) is 23.5 Å². The fourth-order valence-corrected chi connectivity index (χ4v) is 8.90. The first kappa shape index (κ1) is 24.5. The second-order valence-electron chi connectivity index (χ2n) is 12.2. The number of para-hydroxylation sites is 3. The topological polar surface area (TPSA) is 30.7 Å². The molecule has 212 valence electrons. The Kier molecular flexibility index (Phi) is 4.72. The quantitative estimate of drug-likeness (QED) is 0.187. The van der Waals surface area contributed by atoms with Crippen LogP contribution in [0.25, 0.3) is 103 Å². The van der Waals surface area contributed by atoms with Crippen LogP contribution < -0.4 is 0 Å². The number of hydrogen-bond donors (Lipinski definition) is 0. The zero-order valence-electron chi connectivity index (χ0n) is 24.5. The molecule has 0 spiro atoms. The van der Waals surface area contributed by atoms with Crippen molar-refractivity contribution >= 4 is 75.1 Å². The first-order valence-corrected chi connectivity index (χ1v) is 16.4. The molecule has 7 aromatic carbocycles. The highest BCUT2D eigenvalue weighted by Gasteiger charge is 2.27. The lowest BCUT2D eigenvalue weighted by molar-refractivity contribution is 1.09. The van der Waals surface area contributed by atoms with Crippen molar-refractivity contribution in [3.63, 3.8) is 0 Å². The molecular formula is C42H23N3S. The number of fused-ring (bicyclic) bond motifs is 14. The molecule has 0 fully saturated rings. The molecular weight excluding hydrogens is 579 g/mol. The molecule has 4 heteroatoms. The molecule has 1 aliphatic heterocycles. The van der Waals surface area contributed by atoms with E-state index in [2.05, 4.69) is 132 Å². The molecule has 3 aromatic heterocycles. The van der Waals surface area contributed by atoms with Crippen LogP contribution in [0.1, 0.15) is 0 Å². The SMILES string of the molecule is c1ccc2c(c1)-c1nc3ccccc3nc1-n1c3ccccc3c3cc(-c4ccc5c(c4)sc4c6ccccc6ccc54)cc-2c31. The van der Waals surface area contributed by atoms with Crippen LogP contribution in [0, 0.1) is 0 Å². The highest BCUT2D eigenvalue weighted by molar-refractivity contribution is 7.26. The van der Waals surface area contributed by atoms with Gasteiger partial charge in [-0.1, -0.05) is 103 Å². The lowest BCUT2D eigenvalue weighted by Gasteiger charge is -2.12. The van der Waals surface area contributed by atoms with Crippen LogP contribution in [0.15, 0.2) is 140 Å². The van der Waals surface area contributed by atoms with Crippen LogP contribution in [0.5, 0.6) is 0 Å². The van der Waals surface area contributed by atoms with Crippen LogP contribution in [-0.4, -0.2) is 14.5 Å². The van der Waals surface area contributed by atoms with Gasteiger partial charge in [0.05, 0.1) is 22.1 Å². The first-order chi connectivity index (χ1) is 22.8. The third-order valence-corrected chi connectivity index (χ3v) is 10.9. The number of nitrogens with zero attached hydrogens (tertiary/aromatic N) is 3. The van der Waals surface area contributed by atoms with Crippen LogP contribution in [-0.2, 0) is 0 Å². The van der Waals surface area contributed by atoms with Crippen molar-refractivity contribution < 1.29 is 0 Å². The van der Waals surface area contributed by atoms with Gasteiger partial charge in [-0.25, -0.2) is 9.97 Å². The van der Waals surface area contributed by atoms with Crippen LogP contribution in [0.2, 0.25) is 0 Å². The second-order valence-corrected chi connectivity index (χ2v) is 13.2. The summed E-state index contributed by atoms with van der Waals surface area (Å²) in [5.41, 5.74) is 10.9. The van der Waals surface area contributed by atoms with Crippen molar-refractivity contribution in [2.24, 2.45) is 0 Å². The molecule has 0 saturated carbocycles. The van der Waals surface area contributed by atoms with Crippen molar-refractivity contribution in [2.75, 3.05) is 0 Å². The van der Waals surface area contributed by atoms with Crippen LogP contribution >= 0.6 is 11.3 Å². The van der Waals surface area contributed by atoms with Crippen LogP contribution in [0.3, 0.4) is 0 Å². The molecule has 0 bridgehead atoms. The van der Waals surface area contributed by atoms with E-state index in [0.717, 1.165) is 33.6 Å². The van der Waals surface area contributed by atoms with Gasteiger partial charge in [0.15, 0.2) is 5.82 Å². The molecule has 0 aliphatic carbocycles. The maximum absolute atomic E-state index is 5.28. The highest BCUT2D eigenvalue weighted by atomic mass is 32.1. The number of thiophene rings is 1. The number of benzene rings is 7. The third-order valence-electron chi connectivity index (χ3n) is 9.70. The molecule has 11 rings (SSSR count). The molecule has 0 radical (unpaired) electrons. The van der Waals surface area contributed by atoms with E-state index in [1.54, 1.807) is 0 Å². The summed E-state index contributed by atoms with van der Waals surface area (Å²) >= 11 is 1.90. The van der Waals surface area contributed by atoms with Gasteiger partial charge < -0.3 is 0 Å². The minimum atomic E-state index is 0.878.